The quantitative estimate of drug-likeness (QED) is 0.779. The molecule has 4 atom stereocenters. The molecule has 2 heterocycles. The Morgan fingerprint density at radius 3 is 2.67 bits per heavy atom. The van der Waals surface area contributed by atoms with Gasteiger partial charge in [-0.05, 0) is 12.8 Å². The van der Waals surface area contributed by atoms with Crippen molar-refractivity contribution in [3.05, 3.63) is 35.9 Å². The van der Waals surface area contributed by atoms with Gasteiger partial charge in [-0.15, -0.1) is 23.2 Å². The summed E-state index contributed by atoms with van der Waals surface area (Å²) in [7, 11) is 0. The van der Waals surface area contributed by atoms with Gasteiger partial charge in [0.2, 0.25) is 5.91 Å². The third-order valence-electron chi connectivity index (χ3n) is 5.30. The van der Waals surface area contributed by atoms with Crippen molar-refractivity contribution in [2.45, 2.75) is 36.4 Å². The van der Waals surface area contributed by atoms with Gasteiger partial charge in [-0.3, -0.25) is 4.79 Å². The number of hydrogen-bond acceptors (Lipinski definition) is 2. The Morgan fingerprint density at radius 1 is 1.33 bits per heavy atom. The lowest BCUT2D eigenvalue weighted by Gasteiger charge is -2.23. The Labute approximate surface area is 134 Å². The van der Waals surface area contributed by atoms with Gasteiger partial charge in [0.15, 0.2) is 6.23 Å². The molecule has 0 bridgehead atoms. The fraction of sp³-hybridized carbons (Fsp3) is 0.562. The van der Waals surface area contributed by atoms with Crippen LogP contribution in [0.5, 0.6) is 0 Å². The number of hydrogen-bond donors (Lipinski definition) is 0. The molecular formula is C16H17Cl2NO2. The normalized spacial score (nSPS) is 39.9. The topological polar surface area (TPSA) is 29.5 Å². The highest BCUT2D eigenvalue weighted by Gasteiger charge is 2.83. The number of amides is 1. The predicted molar refractivity (Wildman–Crippen MR) is 81.0 cm³/mol. The average Bonchev–Trinajstić information content (AvgIpc) is 2.80. The maximum atomic E-state index is 13.0. The molecule has 3 aliphatic rings. The van der Waals surface area contributed by atoms with Crippen molar-refractivity contribution in [2.24, 2.45) is 11.3 Å². The van der Waals surface area contributed by atoms with E-state index < -0.39 is 9.75 Å². The van der Waals surface area contributed by atoms with Gasteiger partial charge in [-0.1, -0.05) is 37.3 Å². The molecule has 2 saturated heterocycles. The lowest BCUT2D eigenvalue weighted by Crippen LogP contribution is -2.33. The Morgan fingerprint density at radius 2 is 2.05 bits per heavy atom. The van der Waals surface area contributed by atoms with Crippen molar-refractivity contribution in [3.8, 4) is 0 Å². The van der Waals surface area contributed by atoms with E-state index in [-0.39, 0.29) is 24.1 Å². The van der Waals surface area contributed by atoms with E-state index in [1.807, 2.05) is 42.2 Å². The smallest absolute Gasteiger partial charge is 0.234 e. The fourth-order valence-corrected chi connectivity index (χ4v) is 5.41. The number of nitrogens with zero attached hydrogens (tertiary/aromatic N) is 1. The maximum absolute atomic E-state index is 13.0. The predicted octanol–water partition coefficient (Wildman–Crippen LogP) is 3.52. The summed E-state index contributed by atoms with van der Waals surface area (Å²) in [4.78, 5) is 14.9. The number of fused-ring (bicyclic) bond motifs is 1. The van der Waals surface area contributed by atoms with Crippen LogP contribution < -0.4 is 0 Å². The Bertz CT molecular complexity index is 591. The van der Waals surface area contributed by atoms with Crippen LogP contribution in [0.4, 0.5) is 0 Å². The van der Waals surface area contributed by atoms with Crippen LogP contribution in [0.2, 0.25) is 0 Å². The van der Waals surface area contributed by atoms with Gasteiger partial charge < -0.3 is 9.64 Å². The van der Waals surface area contributed by atoms with Crippen LogP contribution >= 0.6 is 23.2 Å². The molecule has 3 unspecified atom stereocenters. The minimum absolute atomic E-state index is 0.0582. The zero-order chi connectivity index (χ0) is 14.8. The third-order valence-corrected chi connectivity index (χ3v) is 6.50. The van der Waals surface area contributed by atoms with Gasteiger partial charge in [0.1, 0.15) is 4.33 Å². The number of ether oxygens (including phenoxy) is 1. The summed E-state index contributed by atoms with van der Waals surface area (Å²) in [5.74, 6) is 0.124. The molecule has 112 valence electrons. The monoisotopic (exact) mass is 325 g/mol. The fourth-order valence-electron chi connectivity index (χ4n) is 4.26. The van der Waals surface area contributed by atoms with Crippen LogP contribution in [0.3, 0.4) is 0 Å². The first kappa shape index (κ1) is 13.9. The van der Waals surface area contributed by atoms with Crippen molar-refractivity contribution in [3.63, 3.8) is 0 Å². The Hall–Kier alpha value is -0.770. The van der Waals surface area contributed by atoms with E-state index in [1.165, 1.54) is 0 Å². The molecule has 1 spiro atoms. The van der Waals surface area contributed by atoms with E-state index in [9.17, 15) is 4.79 Å². The van der Waals surface area contributed by atoms with Crippen LogP contribution in [0.15, 0.2) is 30.3 Å². The average molecular weight is 326 g/mol. The lowest BCUT2D eigenvalue weighted by molar-refractivity contribution is -0.139. The summed E-state index contributed by atoms with van der Waals surface area (Å²) in [5, 5.41) is 0. The van der Waals surface area contributed by atoms with E-state index >= 15 is 0 Å². The summed E-state index contributed by atoms with van der Waals surface area (Å²) in [6.07, 6.45) is 1.24. The first-order valence-electron chi connectivity index (χ1n) is 7.41. The standard InChI is InChI=1S/C16H17Cl2NO2/c1-2-12-15(16(12,17)18)8-11-9-21-13(19(11)14(15)20)10-6-4-3-5-7-10/h3-7,11-13H,2,8-9H2,1H3/t11?,12-,13?,15?/m0/s1. The molecule has 1 amide bonds. The SMILES string of the molecule is CC[C@@H]1C(Cl)(Cl)C12CC1COC(c3ccccc3)N1C2=O. The number of halogens is 2. The molecule has 1 saturated carbocycles. The molecule has 21 heavy (non-hydrogen) atoms. The van der Waals surface area contributed by atoms with Crippen LogP contribution in [0, 0.1) is 11.3 Å². The van der Waals surface area contributed by atoms with Crippen LogP contribution in [0.25, 0.3) is 0 Å². The molecule has 1 aliphatic carbocycles. The van der Waals surface area contributed by atoms with E-state index in [0.29, 0.717) is 13.0 Å². The number of rotatable bonds is 2. The second-order valence-electron chi connectivity index (χ2n) is 6.22. The zero-order valence-corrected chi connectivity index (χ0v) is 13.3. The molecule has 1 aromatic rings. The van der Waals surface area contributed by atoms with Gasteiger partial charge in [-0.25, -0.2) is 0 Å². The van der Waals surface area contributed by atoms with Crippen molar-refractivity contribution < 1.29 is 9.53 Å². The molecule has 0 aromatic heterocycles. The minimum Gasteiger partial charge on any atom is -0.352 e. The second-order valence-corrected chi connectivity index (χ2v) is 7.61. The molecule has 0 N–H and O–H groups in total. The van der Waals surface area contributed by atoms with Crippen molar-refractivity contribution in [1.29, 1.82) is 0 Å². The summed E-state index contributed by atoms with van der Waals surface area (Å²) in [6.45, 7) is 2.61. The van der Waals surface area contributed by atoms with Crippen molar-refractivity contribution >= 4 is 29.1 Å². The minimum atomic E-state index is -0.912. The number of benzene rings is 1. The molecule has 2 aliphatic heterocycles. The lowest BCUT2D eigenvalue weighted by atomic mass is 9.98. The molecule has 5 heteroatoms. The van der Waals surface area contributed by atoms with Crippen LogP contribution in [-0.4, -0.2) is 27.8 Å². The summed E-state index contributed by atoms with van der Waals surface area (Å²) in [5.41, 5.74) is 0.417. The second kappa shape index (κ2) is 4.37. The summed E-state index contributed by atoms with van der Waals surface area (Å²) >= 11 is 12.9. The highest BCUT2D eigenvalue weighted by atomic mass is 35.5. The van der Waals surface area contributed by atoms with Gasteiger partial charge in [0.05, 0.1) is 18.1 Å². The van der Waals surface area contributed by atoms with Crippen molar-refractivity contribution in [1.82, 2.24) is 4.90 Å². The van der Waals surface area contributed by atoms with Gasteiger partial charge in [-0.2, -0.15) is 0 Å². The van der Waals surface area contributed by atoms with Crippen LogP contribution in [0.1, 0.15) is 31.6 Å². The van der Waals surface area contributed by atoms with Crippen molar-refractivity contribution in [2.75, 3.05) is 6.61 Å². The van der Waals surface area contributed by atoms with Gasteiger partial charge >= 0.3 is 0 Å². The van der Waals surface area contributed by atoms with E-state index in [0.717, 1.165) is 12.0 Å². The highest BCUT2D eigenvalue weighted by molar-refractivity contribution is 6.53. The molecule has 0 radical (unpaired) electrons. The third kappa shape index (κ3) is 1.57. The first-order valence-corrected chi connectivity index (χ1v) is 8.16. The zero-order valence-electron chi connectivity index (χ0n) is 11.8. The largest absolute Gasteiger partial charge is 0.352 e. The summed E-state index contributed by atoms with van der Waals surface area (Å²) in [6, 6.07) is 9.95. The van der Waals surface area contributed by atoms with Gasteiger partial charge in [0, 0.05) is 11.5 Å². The highest BCUT2D eigenvalue weighted by Crippen LogP contribution is 2.76. The molecule has 3 fully saturated rings. The molecule has 4 rings (SSSR count). The maximum Gasteiger partial charge on any atom is 0.234 e. The molecular weight excluding hydrogens is 309 g/mol. The number of alkyl halides is 2. The molecule has 1 aromatic carbocycles. The van der Waals surface area contributed by atoms with Gasteiger partial charge in [0.25, 0.3) is 0 Å². The molecule has 3 nitrogen and oxygen atoms in total. The Kier molecular flexibility index (Phi) is 2.89. The summed E-state index contributed by atoms with van der Waals surface area (Å²) < 4.78 is 4.94. The Balaban J connectivity index is 1.68. The number of carbonyl (C=O) groups is 1. The van der Waals surface area contributed by atoms with E-state index in [1.54, 1.807) is 0 Å². The van der Waals surface area contributed by atoms with E-state index in [4.69, 9.17) is 27.9 Å². The van der Waals surface area contributed by atoms with Crippen LogP contribution in [-0.2, 0) is 9.53 Å². The van der Waals surface area contributed by atoms with E-state index in [2.05, 4.69) is 0 Å². The first-order chi connectivity index (χ1) is 10.0. The number of carbonyl (C=O) groups excluding carboxylic acids is 1.